The van der Waals surface area contributed by atoms with Crippen molar-refractivity contribution >= 4 is 44.7 Å². The van der Waals surface area contributed by atoms with E-state index in [1.807, 2.05) is 58.0 Å². The molecule has 0 bridgehead atoms. The molecule has 1 spiro atoms. The molecule has 5 heterocycles. The fourth-order valence-electron chi connectivity index (χ4n) is 9.98. The van der Waals surface area contributed by atoms with Crippen molar-refractivity contribution in [3.63, 3.8) is 0 Å². The van der Waals surface area contributed by atoms with Crippen LogP contribution < -0.4 is 19.5 Å². The first-order valence-corrected chi connectivity index (χ1v) is 24.8. The Hall–Kier alpha value is -4.48. The molecule has 3 N–H and O–H groups in total. The van der Waals surface area contributed by atoms with Gasteiger partial charge >= 0.3 is 6.09 Å². The van der Waals surface area contributed by atoms with E-state index in [1.165, 1.54) is 9.80 Å². The smallest absolute Gasteiger partial charge is 0.407 e. The van der Waals surface area contributed by atoms with Crippen LogP contribution in [-0.2, 0) is 42.0 Å². The first-order chi connectivity index (χ1) is 30.4. The molecule has 16 nitrogen and oxygen atoms in total. The van der Waals surface area contributed by atoms with Crippen molar-refractivity contribution in [3.05, 3.63) is 41.6 Å². The van der Waals surface area contributed by atoms with Crippen LogP contribution in [0.15, 0.2) is 30.4 Å². The second kappa shape index (κ2) is 17.7. The highest BCUT2D eigenvalue weighted by Gasteiger charge is 2.64. The Morgan fingerprint density at radius 3 is 2.56 bits per heavy atom. The summed E-state index contributed by atoms with van der Waals surface area (Å²) in [5.74, 6) is -1.02. The van der Waals surface area contributed by atoms with E-state index in [0.717, 1.165) is 60.4 Å². The van der Waals surface area contributed by atoms with Gasteiger partial charge in [0.25, 0.3) is 5.91 Å². The van der Waals surface area contributed by atoms with E-state index in [9.17, 15) is 27.9 Å². The number of nitrogens with zero attached hydrogens (tertiary/aromatic N) is 4. The number of nitrogens with one attached hydrogen (secondary N) is 2. The number of fused-ring (bicyclic) bond motifs is 5. The molecule has 2 saturated carbocycles. The van der Waals surface area contributed by atoms with Crippen LogP contribution >= 0.6 is 0 Å². The molecule has 0 radical (unpaired) electrons. The lowest BCUT2D eigenvalue weighted by molar-refractivity contribution is -0.143. The Morgan fingerprint density at radius 2 is 1.86 bits per heavy atom. The van der Waals surface area contributed by atoms with Gasteiger partial charge in [0.1, 0.15) is 41.3 Å². The standard InChI is InChI=1S/C47H66N6O10S/c1-6-35-39-33(34-26-32(14-15-36(34)48-35)62-25-22-51-20-23-61-24-21-51)16-17-46(63-39)28-38-40(54)49-47(42(56)50-64(59,60)45(5)18-19-45)27-31(47)12-10-8-7-9-11-13-37(41(55)52(38)30-46)53(43(57)58)29-44(2,3)4/h10,12,14-15,26,31,37-38H,6-9,11,13,16-25,27-30H2,1-5H3,(H,49,54)(H,50,56)(H,57,58)/b12-10-/t31-,37+,38+,46-,47-/m1/s1. The second-order valence-corrected chi connectivity index (χ2v) is 22.6. The number of rotatable bonds is 10. The van der Waals surface area contributed by atoms with Crippen LogP contribution in [0.3, 0.4) is 0 Å². The number of ether oxygens (including phenoxy) is 3. The van der Waals surface area contributed by atoms with Crippen LogP contribution in [0.4, 0.5) is 4.79 Å². The molecule has 5 atom stereocenters. The number of allylic oxidation sites excluding steroid dienone is 1. The van der Waals surface area contributed by atoms with E-state index in [-0.39, 0.29) is 32.4 Å². The van der Waals surface area contributed by atoms with Gasteiger partial charge in [-0.15, -0.1) is 0 Å². The lowest BCUT2D eigenvalue weighted by Crippen LogP contribution is -2.59. The summed E-state index contributed by atoms with van der Waals surface area (Å²) in [4.78, 5) is 67.4. The Morgan fingerprint density at radius 1 is 1.09 bits per heavy atom. The van der Waals surface area contributed by atoms with Crippen molar-refractivity contribution in [2.24, 2.45) is 11.3 Å². The third-order valence-corrected chi connectivity index (χ3v) is 16.4. The van der Waals surface area contributed by atoms with Gasteiger partial charge in [0, 0.05) is 49.5 Å². The molecule has 8 rings (SSSR count). The number of morpholine rings is 1. The highest BCUT2D eigenvalue weighted by atomic mass is 32.2. The highest BCUT2D eigenvalue weighted by molar-refractivity contribution is 7.91. The number of carbonyl (C=O) groups excluding carboxylic acids is 3. The summed E-state index contributed by atoms with van der Waals surface area (Å²) in [5, 5.41) is 14.5. The third-order valence-electron chi connectivity index (χ3n) is 14.2. The lowest BCUT2D eigenvalue weighted by Gasteiger charge is -2.38. The molecule has 4 aliphatic heterocycles. The number of benzene rings is 1. The third kappa shape index (κ3) is 9.44. The minimum atomic E-state index is -4.02. The molecule has 2 saturated heterocycles. The number of carboxylic acid groups (broad SMARTS) is 1. The molecule has 6 aliphatic rings. The Labute approximate surface area is 376 Å². The van der Waals surface area contributed by atoms with Gasteiger partial charge in [0.2, 0.25) is 21.8 Å². The zero-order chi connectivity index (χ0) is 45.7. The first kappa shape index (κ1) is 46.1. The zero-order valence-electron chi connectivity index (χ0n) is 38.1. The summed E-state index contributed by atoms with van der Waals surface area (Å²) >= 11 is 0. The van der Waals surface area contributed by atoms with E-state index >= 15 is 4.79 Å². The van der Waals surface area contributed by atoms with Crippen LogP contribution in [0, 0.1) is 11.3 Å². The zero-order valence-corrected chi connectivity index (χ0v) is 38.9. The SMILES string of the molecule is CCc1nc2ccc(OCCN3CCOCC3)cc2c2c1O[C@]1(CC2)C[C@H]2C(=O)N[C@]3(C(=O)NS(=O)(=O)C4(C)CC4)C[C@H]3/C=C\CCCCC[C@H](N(CC(C)(C)C)C(=O)O)C(=O)N2C1. The highest BCUT2D eigenvalue weighted by Crippen LogP contribution is 2.49. The fourth-order valence-corrected chi connectivity index (χ4v) is 11.3. The number of hydrogen-bond donors (Lipinski definition) is 3. The second-order valence-electron chi connectivity index (χ2n) is 20.4. The number of sulfonamides is 1. The maximum atomic E-state index is 15.2. The summed E-state index contributed by atoms with van der Waals surface area (Å²) in [6.45, 7) is 13.9. The van der Waals surface area contributed by atoms with Crippen LogP contribution in [0.1, 0.15) is 110 Å². The van der Waals surface area contributed by atoms with Gasteiger partial charge in [-0.1, -0.05) is 52.7 Å². The number of pyridine rings is 1. The molecule has 4 fully saturated rings. The molecule has 0 unspecified atom stereocenters. The van der Waals surface area contributed by atoms with E-state index in [2.05, 4.69) is 14.9 Å². The van der Waals surface area contributed by atoms with Gasteiger partial charge < -0.3 is 29.5 Å². The minimum Gasteiger partial charge on any atom is -0.492 e. The number of amides is 4. The molecule has 350 valence electrons. The molecule has 2 aromatic rings. The van der Waals surface area contributed by atoms with E-state index in [4.69, 9.17) is 19.2 Å². The molecular weight excluding hydrogens is 841 g/mol. The minimum absolute atomic E-state index is 0.00395. The Kier molecular flexibility index (Phi) is 12.8. The van der Waals surface area contributed by atoms with Crippen molar-refractivity contribution in [2.75, 3.05) is 52.5 Å². The van der Waals surface area contributed by atoms with E-state index in [1.54, 1.807) is 6.92 Å². The quantitative estimate of drug-likeness (QED) is 0.272. The van der Waals surface area contributed by atoms with Gasteiger partial charge in [0.15, 0.2) is 0 Å². The van der Waals surface area contributed by atoms with Crippen molar-refractivity contribution in [1.82, 2.24) is 29.7 Å². The van der Waals surface area contributed by atoms with E-state index in [0.29, 0.717) is 70.5 Å². The van der Waals surface area contributed by atoms with Crippen LogP contribution in [0.5, 0.6) is 11.5 Å². The van der Waals surface area contributed by atoms with Crippen molar-refractivity contribution in [1.29, 1.82) is 0 Å². The van der Waals surface area contributed by atoms with E-state index < -0.39 is 73.1 Å². The van der Waals surface area contributed by atoms with Gasteiger partial charge in [0.05, 0.1) is 35.7 Å². The maximum Gasteiger partial charge on any atom is 0.407 e. The van der Waals surface area contributed by atoms with Crippen molar-refractivity contribution in [2.45, 2.75) is 140 Å². The number of aryl methyl sites for hydroxylation is 2. The molecule has 64 heavy (non-hydrogen) atoms. The van der Waals surface area contributed by atoms with Gasteiger partial charge in [-0.25, -0.2) is 18.2 Å². The molecular formula is C47H66N6O10S. The summed E-state index contributed by atoms with van der Waals surface area (Å²) in [6, 6.07) is 3.68. The monoisotopic (exact) mass is 906 g/mol. The van der Waals surface area contributed by atoms with Gasteiger partial charge in [-0.2, -0.15) is 0 Å². The van der Waals surface area contributed by atoms with Crippen LogP contribution in [0.25, 0.3) is 10.9 Å². The van der Waals surface area contributed by atoms with Gasteiger partial charge in [-0.05, 0) is 88.3 Å². The van der Waals surface area contributed by atoms with Crippen LogP contribution in [0.2, 0.25) is 0 Å². The number of aromatic nitrogens is 1. The fraction of sp³-hybridized carbons (Fsp3) is 0.681. The first-order valence-electron chi connectivity index (χ1n) is 23.3. The van der Waals surface area contributed by atoms with Crippen molar-refractivity contribution < 1.29 is 46.9 Å². The molecule has 1 aromatic carbocycles. The number of carbonyl (C=O) groups is 4. The summed E-state index contributed by atoms with van der Waals surface area (Å²) in [5.41, 5.74) is -0.536. The molecule has 4 amide bonds. The van der Waals surface area contributed by atoms with Crippen LogP contribution in [-0.4, -0.2) is 138 Å². The predicted molar refractivity (Wildman–Crippen MR) is 240 cm³/mol. The van der Waals surface area contributed by atoms with Crippen molar-refractivity contribution in [3.8, 4) is 11.5 Å². The van der Waals surface area contributed by atoms with Gasteiger partial charge in [-0.3, -0.25) is 28.9 Å². The molecule has 17 heteroatoms. The predicted octanol–water partition coefficient (Wildman–Crippen LogP) is 4.96. The number of hydrogen-bond acceptors (Lipinski definition) is 11. The summed E-state index contributed by atoms with van der Waals surface area (Å²) in [7, 11) is -4.02. The maximum absolute atomic E-state index is 15.2. The Balaban J connectivity index is 1.13. The summed E-state index contributed by atoms with van der Waals surface area (Å²) in [6.07, 6.45) is 8.35. The largest absolute Gasteiger partial charge is 0.492 e. The average molecular weight is 907 g/mol. The molecule has 2 aliphatic carbocycles. The normalized spacial score (nSPS) is 29.0. The lowest BCUT2D eigenvalue weighted by atomic mass is 9.87. The Bertz CT molecular complexity index is 2290. The topological polar surface area (TPSA) is 197 Å². The molecule has 1 aromatic heterocycles. The average Bonchev–Trinajstić information content (AvgIpc) is 4.14. The summed E-state index contributed by atoms with van der Waals surface area (Å²) < 4.78 is 46.8.